The largest absolute Gasteiger partial charge is 0.388 e. The van der Waals surface area contributed by atoms with Crippen LogP contribution >= 0.6 is 0 Å². The normalized spacial score (nSPS) is 21.1. The van der Waals surface area contributed by atoms with Crippen LogP contribution in [0.1, 0.15) is 37.4 Å². The van der Waals surface area contributed by atoms with Crippen LogP contribution in [-0.2, 0) is 4.74 Å². The summed E-state index contributed by atoms with van der Waals surface area (Å²) in [5.74, 6) is 0. The molecule has 1 aliphatic heterocycles. The Balaban J connectivity index is 1.55. The Hall–Kier alpha value is -0.970. The molecule has 0 bridgehead atoms. The fourth-order valence-electron chi connectivity index (χ4n) is 2.24. The third kappa shape index (κ3) is 4.37. The van der Waals surface area contributed by atoms with Crippen molar-refractivity contribution in [2.24, 2.45) is 0 Å². The molecule has 1 aliphatic rings. The summed E-state index contributed by atoms with van der Waals surface area (Å²) in [5, 5.41) is 13.3. The van der Waals surface area contributed by atoms with Crippen molar-refractivity contribution in [3.05, 3.63) is 30.1 Å². The summed E-state index contributed by atoms with van der Waals surface area (Å²) >= 11 is 0. The number of aliphatic hydroxyl groups excluding tert-OH is 1. The molecule has 0 aromatic carbocycles. The number of aromatic nitrogens is 1. The number of pyridine rings is 1. The molecule has 1 aromatic rings. The Labute approximate surface area is 108 Å². The monoisotopic (exact) mass is 250 g/mol. The van der Waals surface area contributed by atoms with Gasteiger partial charge in [-0.05, 0) is 43.9 Å². The quantitative estimate of drug-likeness (QED) is 0.723. The van der Waals surface area contributed by atoms with Crippen LogP contribution in [0.4, 0.5) is 0 Å². The Kier molecular flexibility index (Phi) is 5.58. The molecule has 2 rings (SSSR count). The van der Waals surface area contributed by atoms with E-state index in [1.807, 2.05) is 12.1 Å². The molecule has 2 unspecified atom stereocenters. The maximum atomic E-state index is 9.92. The van der Waals surface area contributed by atoms with Gasteiger partial charge >= 0.3 is 0 Å². The lowest BCUT2D eigenvalue weighted by atomic mass is 10.1. The van der Waals surface area contributed by atoms with Crippen LogP contribution in [0.5, 0.6) is 0 Å². The lowest BCUT2D eigenvalue weighted by Crippen LogP contribution is -2.26. The number of rotatable bonds is 7. The number of ether oxygens (including phenoxy) is 1. The van der Waals surface area contributed by atoms with Crippen LogP contribution in [0.3, 0.4) is 0 Å². The number of hydrogen-bond acceptors (Lipinski definition) is 4. The fourth-order valence-corrected chi connectivity index (χ4v) is 2.24. The van der Waals surface area contributed by atoms with Crippen molar-refractivity contribution < 1.29 is 9.84 Å². The Bertz CT molecular complexity index is 326. The Morgan fingerprint density at radius 1 is 1.56 bits per heavy atom. The molecule has 18 heavy (non-hydrogen) atoms. The molecule has 0 radical (unpaired) electrons. The summed E-state index contributed by atoms with van der Waals surface area (Å²) in [6.45, 7) is 2.63. The van der Waals surface area contributed by atoms with E-state index in [0.29, 0.717) is 6.04 Å². The molecule has 2 atom stereocenters. The van der Waals surface area contributed by atoms with Crippen molar-refractivity contribution in [2.75, 3.05) is 19.8 Å². The molecule has 0 aliphatic carbocycles. The van der Waals surface area contributed by atoms with Gasteiger partial charge in [-0.2, -0.15) is 0 Å². The summed E-state index contributed by atoms with van der Waals surface area (Å²) < 4.78 is 5.61. The molecule has 4 heteroatoms. The summed E-state index contributed by atoms with van der Waals surface area (Å²) in [6, 6.07) is 4.29. The topological polar surface area (TPSA) is 54.4 Å². The third-order valence-corrected chi connectivity index (χ3v) is 3.32. The molecule has 4 nitrogen and oxygen atoms in total. The van der Waals surface area contributed by atoms with Gasteiger partial charge in [-0.15, -0.1) is 0 Å². The van der Waals surface area contributed by atoms with E-state index in [4.69, 9.17) is 4.74 Å². The minimum atomic E-state index is -0.424. The Morgan fingerprint density at radius 3 is 3.22 bits per heavy atom. The predicted octanol–water partition coefficient (Wildman–Crippen LogP) is 1.66. The zero-order valence-corrected chi connectivity index (χ0v) is 10.7. The molecule has 0 amide bonds. The van der Waals surface area contributed by atoms with Crippen molar-refractivity contribution in [3.63, 3.8) is 0 Å². The predicted molar refractivity (Wildman–Crippen MR) is 70.3 cm³/mol. The molecular weight excluding hydrogens is 228 g/mol. The molecule has 100 valence electrons. The van der Waals surface area contributed by atoms with E-state index < -0.39 is 6.10 Å². The second-order valence-corrected chi connectivity index (χ2v) is 4.81. The maximum absolute atomic E-state index is 9.92. The average molecular weight is 250 g/mol. The lowest BCUT2D eigenvalue weighted by Gasteiger charge is -2.12. The molecule has 1 fully saturated rings. The van der Waals surface area contributed by atoms with Gasteiger partial charge in [-0.3, -0.25) is 4.98 Å². The SMILES string of the molecule is OC(CCCOCC1CCCN1)c1cccnc1. The van der Waals surface area contributed by atoms with Gasteiger partial charge in [0.05, 0.1) is 12.7 Å². The van der Waals surface area contributed by atoms with Crippen molar-refractivity contribution in [3.8, 4) is 0 Å². The fraction of sp³-hybridized carbons (Fsp3) is 0.643. The van der Waals surface area contributed by atoms with Gasteiger partial charge in [0.25, 0.3) is 0 Å². The molecule has 2 heterocycles. The second kappa shape index (κ2) is 7.46. The molecule has 1 saturated heterocycles. The molecule has 1 aromatic heterocycles. The van der Waals surface area contributed by atoms with E-state index in [1.165, 1.54) is 12.8 Å². The van der Waals surface area contributed by atoms with Gasteiger partial charge in [-0.1, -0.05) is 6.07 Å². The van der Waals surface area contributed by atoms with Crippen molar-refractivity contribution in [1.29, 1.82) is 0 Å². The van der Waals surface area contributed by atoms with E-state index in [2.05, 4.69) is 10.3 Å². The van der Waals surface area contributed by atoms with Crippen LogP contribution in [0.15, 0.2) is 24.5 Å². The maximum Gasteiger partial charge on any atom is 0.0805 e. The minimum absolute atomic E-state index is 0.424. The summed E-state index contributed by atoms with van der Waals surface area (Å²) in [6.07, 6.45) is 7.09. The average Bonchev–Trinajstić information content (AvgIpc) is 2.92. The van der Waals surface area contributed by atoms with E-state index in [9.17, 15) is 5.11 Å². The van der Waals surface area contributed by atoms with Gasteiger partial charge in [0.1, 0.15) is 0 Å². The smallest absolute Gasteiger partial charge is 0.0805 e. The van der Waals surface area contributed by atoms with Crippen LogP contribution in [0, 0.1) is 0 Å². The highest BCUT2D eigenvalue weighted by atomic mass is 16.5. The number of hydrogen-bond donors (Lipinski definition) is 2. The highest BCUT2D eigenvalue weighted by Crippen LogP contribution is 2.16. The zero-order valence-electron chi connectivity index (χ0n) is 10.7. The molecular formula is C14H22N2O2. The van der Waals surface area contributed by atoms with Crippen LogP contribution in [-0.4, -0.2) is 35.9 Å². The number of nitrogens with one attached hydrogen (secondary N) is 1. The molecule has 0 saturated carbocycles. The highest BCUT2D eigenvalue weighted by molar-refractivity contribution is 5.11. The van der Waals surface area contributed by atoms with E-state index in [-0.39, 0.29) is 0 Å². The van der Waals surface area contributed by atoms with E-state index >= 15 is 0 Å². The molecule has 0 spiro atoms. The van der Waals surface area contributed by atoms with E-state index in [0.717, 1.165) is 38.2 Å². The zero-order chi connectivity index (χ0) is 12.6. The summed E-state index contributed by atoms with van der Waals surface area (Å²) in [4.78, 5) is 4.00. The van der Waals surface area contributed by atoms with Crippen LogP contribution in [0.2, 0.25) is 0 Å². The highest BCUT2D eigenvalue weighted by Gasteiger charge is 2.13. The van der Waals surface area contributed by atoms with Crippen molar-refractivity contribution >= 4 is 0 Å². The lowest BCUT2D eigenvalue weighted by molar-refractivity contribution is 0.0950. The van der Waals surface area contributed by atoms with Crippen LogP contribution < -0.4 is 5.32 Å². The van der Waals surface area contributed by atoms with Crippen LogP contribution in [0.25, 0.3) is 0 Å². The summed E-state index contributed by atoms with van der Waals surface area (Å²) in [5.41, 5.74) is 0.884. The van der Waals surface area contributed by atoms with Gasteiger partial charge in [0.15, 0.2) is 0 Å². The minimum Gasteiger partial charge on any atom is -0.388 e. The van der Waals surface area contributed by atoms with Crippen molar-refractivity contribution in [1.82, 2.24) is 10.3 Å². The first-order valence-electron chi connectivity index (χ1n) is 6.75. The van der Waals surface area contributed by atoms with Gasteiger partial charge in [-0.25, -0.2) is 0 Å². The molecule has 2 N–H and O–H groups in total. The first-order valence-corrected chi connectivity index (χ1v) is 6.75. The van der Waals surface area contributed by atoms with Gasteiger partial charge in [0, 0.05) is 25.0 Å². The van der Waals surface area contributed by atoms with Gasteiger partial charge in [0.2, 0.25) is 0 Å². The standard InChI is InChI=1S/C14H22N2O2/c17-14(12-4-1-7-15-10-12)6-3-9-18-11-13-5-2-8-16-13/h1,4,7,10,13-14,16-17H,2-3,5-6,8-9,11H2. The second-order valence-electron chi connectivity index (χ2n) is 4.81. The van der Waals surface area contributed by atoms with Gasteiger partial charge < -0.3 is 15.2 Å². The third-order valence-electron chi connectivity index (χ3n) is 3.32. The Morgan fingerprint density at radius 2 is 2.50 bits per heavy atom. The first kappa shape index (κ1) is 13.5. The first-order chi connectivity index (χ1) is 8.86. The summed E-state index contributed by atoms with van der Waals surface area (Å²) in [7, 11) is 0. The van der Waals surface area contributed by atoms with E-state index in [1.54, 1.807) is 12.4 Å². The number of nitrogens with zero attached hydrogens (tertiary/aromatic N) is 1. The van der Waals surface area contributed by atoms with Crippen molar-refractivity contribution in [2.45, 2.75) is 37.8 Å². The number of aliphatic hydroxyl groups is 1.